The van der Waals surface area contributed by atoms with Gasteiger partial charge in [0.2, 0.25) is 5.91 Å². The van der Waals surface area contributed by atoms with Gasteiger partial charge in [0.25, 0.3) is 5.91 Å². The van der Waals surface area contributed by atoms with Gasteiger partial charge in [-0.3, -0.25) is 9.59 Å². The highest BCUT2D eigenvalue weighted by molar-refractivity contribution is 6.01. The van der Waals surface area contributed by atoms with E-state index in [1.807, 2.05) is 36.4 Å². The van der Waals surface area contributed by atoms with Crippen molar-refractivity contribution in [3.8, 4) is 0 Å². The lowest BCUT2D eigenvalue weighted by atomic mass is 9.84. The first-order valence-corrected chi connectivity index (χ1v) is 12.2. The van der Waals surface area contributed by atoms with Gasteiger partial charge in [0.1, 0.15) is 12.1 Å². The Hall–Kier alpha value is -3.58. The van der Waals surface area contributed by atoms with E-state index in [1.54, 1.807) is 6.07 Å². The molecule has 0 aromatic heterocycles. The molecule has 9 nitrogen and oxygen atoms in total. The van der Waals surface area contributed by atoms with Crippen molar-refractivity contribution in [2.24, 2.45) is 11.0 Å². The monoisotopic (exact) mass is 477 g/mol. The summed E-state index contributed by atoms with van der Waals surface area (Å²) in [4.78, 5) is 43.7. The second-order valence-corrected chi connectivity index (χ2v) is 9.45. The molecule has 9 heteroatoms. The number of rotatable bonds is 7. The number of nitrogens with zero attached hydrogens (tertiary/aromatic N) is 4. The van der Waals surface area contributed by atoms with Gasteiger partial charge in [-0.15, -0.1) is 0 Å². The Morgan fingerprint density at radius 3 is 2.60 bits per heavy atom. The van der Waals surface area contributed by atoms with Crippen molar-refractivity contribution in [3.05, 3.63) is 58.5 Å². The zero-order valence-electron chi connectivity index (χ0n) is 19.9. The van der Waals surface area contributed by atoms with Crippen molar-refractivity contribution >= 4 is 28.6 Å². The van der Waals surface area contributed by atoms with Gasteiger partial charge in [-0.2, -0.15) is 0 Å². The van der Waals surface area contributed by atoms with Gasteiger partial charge in [0.15, 0.2) is 0 Å². The van der Waals surface area contributed by atoms with Gasteiger partial charge in [-0.05, 0) is 47.2 Å². The van der Waals surface area contributed by atoms with Crippen LogP contribution < -0.4 is 5.32 Å². The Morgan fingerprint density at radius 2 is 1.89 bits per heavy atom. The summed E-state index contributed by atoms with van der Waals surface area (Å²) in [5.41, 5.74) is 9.34. The van der Waals surface area contributed by atoms with E-state index in [0.717, 1.165) is 36.5 Å². The molecule has 1 saturated carbocycles. The van der Waals surface area contributed by atoms with Crippen LogP contribution in [0, 0.1) is 5.92 Å². The highest BCUT2D eigenvalue weighted by Crippen LogP contribution is 2.30. The van der Waals surface area contributed by atoms with Crippen molar-refractivity contribution in [2.75, 3.05) is 13.7 Å². The number of methoxy groups -OCH3 is 1. The number of benzene rings is 2. The molecule has 2 aromatic rings. The minimum absolute atomic E-state index is 0.121. The van der Waals surface area contributed by atoms with Gasteiger partial charge in [0, 0.05) is 17.0 Å². The number of hydrogen-bond donors (Lipinski definition) is 1. The largest absolute Gasteiger partial charge is 0.467 e. The number of nitrogens with one attached hydrogen (secondary N) is 1. The maximum absolute atomic E-state index is 13.7. The lowest BCUT2D eigenvalue weighted by Crippen LogP contribution is -2.52. The summed E-state index contributed by atoms with van der Waals surface area (Å²) >= 11 is 0. The average Bonchev–Trinajstić information content (AvgIpc) is 3.31. The molecule has 1 saturated heterocycles. The molecule has 0 unspecified atom stereocenters. The Labute approximate surface area is 204 Å². The molecule has 2 aliphatic rings. The number of fused-ring (bicyclic) bond motifs is 1. The van der Waals surface area contributed by atoms with Crippen LogP contribution >= 0.6 is 0 Å². The highest BCUT2D eigenvalue weighted by atomic mass is 16.5. The molecule has 2 amide bonds. The first-order chi connectivity index (χ1) is 17.0. The molecule has 0 radical (unpaired) electrons. The number of ether oxygens (including phenoxy) is 1. The first kappa shape index (κ1) is 24.5. The Balaban J connectivity index is 1.58. The molecule has 1 N–H and O–H groups in total. The van der Waals surface area contributed by atoms with E-state index in [-0.39, 0.29) is 24.8 Å². The van der Waals surface area contributed by atoms with Crippen molar-refractivity contribution in [3.63, 3.8) is 0 Å². The minimum Gasteiger partial charge on any atom is -0.467 e. The van der Waals surface area contributed by atoms with Crippen molar-refractivity contribution < 1.29 is 19.1 Å². The van der Waals surface area contributed by atoms with E-state index < -0.39 is 24.1 Å². The molecule has 4 rings (SSSR count). The summed E-state index contributed by atoms with van der Waals surface area (Å²) < 4.78 is 4.91. The van der Waals surface area contributed by atoms with E-state index >= 15 is 0 Å². The molecule has 0 bridgehead atoms. The van der Waals surface area contributed by atoms with Crippen molar-refractivity contribution in [2.45, 2.75) is 63.1 Å². The molecule has 35 heavy (non-hydrogen) atoms. The van der Waals surface area contributed by atoms with Gasteiger partial charge >= 0.3 is 5.97 Å². The zero-order chi connectivity index (χ0) is 24.8. The number of carbonyl (C=O) groups excluding carboxylic acids is 3. The third-order valence-electron chi connectivity index (χ3n) is 7.16. The zero-order valence-corrected chi connectivity index (χ0v) is 19.9. The van der Waals surface area contributed by atoms with Crippen LogP contribution in [-0.4, -0.2) is 54.5 Å². The van der Waals surface area contributed by atoms with Gasteiger partial charge in [-0.25, -0.2) is 4.79 Å². The van der Waals surface area contributed by atoms with E-state index in [0.29, 0.717) is 17.9 Å². The van der Waals surface area contributed by atoms with E-state index in [4.69, 9.17) is 10.3 Å². The average molecular weight is 478 g/mol. The lowest BCUT2D eigenvalue weighted by Gasteiger charge is -2.31. The topological polar surface area (TPSA) is 124 Å². The maximum Gasteiger partial charge on any atom is 0.328 e. The molecule has 1 heterocycles. The van der Waals surface area contributed by atoms with E-state index in [1.165, 1.54) is 18.4 Å². The van der Waals surface area contributed by atoms with E-state index in [9.17, 15) is 14.4 Å². The summed E-state index contributed by atoms with van der Waals surface area (Å²) in [7, 11) is 1.27. The third kappa shape index (κ3) is 5.74. The predicted molar refractivity (Wildman–Crippen MR) is 131 cm³/mol. The van der Waals surface area contributed by atoms with Crippen LogP contribution in [0.25, 0.3) is 21.2 Å². The molecule has 1 aliphatic carbocycles. The summed E-state index contributed by atoms with van der Waals surface area (Å²) in [6.07, 6.45) is 6.14. The molecular weight excluding hydrogens is 446 g/mol. The van der Waals surface area contributed by atoms with Crippen molar-refractivity contribution in [1.82, 2.24) is 10.2 Å². The smallest absolute Gasteiger partial charge is 0.328 e. The van der Waals surface area contributed by atoms with Crippen molar-refractivity contribution in [1.29, 1.82) is 0 Å². The fourth-order valence-corrected chi connectivity index (χ4v) is 5.32. The summed E-state index contributed by atoms with van der Waals surface area (Å²) in [5, 5.41) is 8.66. The van der Waals surface area contributed by atoms with Gasteiger partial charge in [-0.1, -0.05) is 67.6 Å². The Morgan fingerprint density at radius 1 is 1.14 bits per heavy atom. The van der Waals surface area contributed by atoms with E-state index in [2.05, 4.69) is 15.3 Å². The van der Waals surface area contributed by atoms with Crippen LogP contribution in [0.2, 0.25) is 0 Å². The first-order valence-electron chi connectivity index (χ1n) is 12.2. The maximum atomic E-state index is 13.7. The molecule has 3 atom stereocenters. The normalized spacial score (nSPS) is 21.2. The third-order valence-corrected chi connectivity index (χ3v) is 7.16. The Kier molecular flexibility index (Phi) is 7.87. The molecule has 2 aromatic carbocycles. The summed E-state index contributed by atoms with van der Waals surface area (Å²) in [6, 6.07) is 11.1. The fraction of sp³-hybridized carbons (Fsp3) is 0.500. The number of carbonyl (C=O) groups is 3. The Bertz CT molecular complexity index is 1140. The number of amides is 2. The number of azide groups is 1. The summed E-state index contributed by atoms with van der Waals surface area (Å²) in [6.45, 7) is 0.121. The van der Waals surface area contributed by atoms with Crippen LogP contribution in [0.3, 0.4) is 0 Å². The minimum atomic E-state index is -0.838. The second kappa shape index (κ2) is 11.2. The molecular formula is C26H31N5O4. The predicted octanol–water partition coefficient (Wildman–Crippen LogP) is 4.36. The van der Waals surface area contributed by atoms with Gasteiger partial charge < -0.3 is 15.0 Å². The SMILES string of the molecule is COC(=O)[C@@H]1C[C@@H](N=[N+]=[N-])CN1C(=O)[C@@H](CC1CCCCC1)NC(=O)c1ccc2ccccc2c1. The lowest BCUT2D eigenvalue weighted by molar-refractivity contribution is -0.151. The van der Waals surface area contributed by atoms with Crippen LogP contribution in [0.4, 0.5) is 0 Å². The number of likely N-dealkylation sites (tertiary alicyclic amines) is 1. The van der Waals surface area contributed by atoms with Crippen LogP contribution in [0.1, 0.15) is 55.3 Å². The standard InChI is InChI=1S/C26H31N5O4/c1-35-26(34)23-15-21(29-30-27)16-31(23)25(33)22(13-17-7-3-2-4-8-17)28-24(32)20-12-11-18-9-5-6-10-19(18)14-20/h5-6,9-12,14,17,21-23H,2-4,7-8,13,15-16H2,1H3,(H,28,32)/t21-,22-,23+/m1/s1. The molecule has 0 spiro atoms. The fourth-order valence-electron chi connectivity index (χ4n) is 5.32. The number of hydrogen-bond acceptors (Lipinski definition) is 5. The quantitative estimate of drug-likeness (QED) is 0.275. The molecule has 184 valence electrons. The second-order valence-electron chi connectivity index (χ2n) is 9.45. The summed E-state index contributed by atoms with van der Waals surface area (Å²) in [5.74, 6) is -0.894. The van der Waals surface area contributed by atoms with Gasteiger partial charge in [0.05, 0.1) is 13.2 Å². The van der Waals surface area contributed by atoms with Crippen LogP contribution in [0.15, 0.2) is 47.6 Å². The van der Waals surface area contributed by atoms with Crippen LogP contribution in [0.5, 0.6) is 0 Å². The number of esters is 1. The van der Waals surface area contributed by atoms with Crippen LogP contribution in [-0.2, 0) is 14.3 Å². The molecule has 2 fully saturated rings. The highest BCUT2D eigenvalue weighted by Gasteiger charge is 2.42. The molecule has 1 aliphatic heterocycles.